The molecule has 0 radical (unpaired) electrons. The molecule has 0 aliphatic rings. The van der Waals surface area contributed by atoms with Crippen molar-refractivity contribution in [2.24, 2.45) is 5.73 Å². The van der Waals surface area contributed by atoms with Crippen molar-refractivity contribution in [1.29, 1.82) is 0 Å². The van der Waals surface area contributed by atoms with E-state index in [1.807, 2.05) is 0 Å². The van der Waals surface area contributed by atoms with Crippen LogP contribution in [0.4, 0.5) is 18.9 Å². The molecule has 1 amide bonds. The van der Waals surface area contributed by atoms with Crippen molar-refractivity contribution in [3.63, 3.8) is 0 Å². The Morgan fingerprint density at radius 1 is 1.47 bits per heavy atom. The van der Waals surface area contributed by atoms with Crippen molar-refractivity contribution < 1.29 is 18.0 Å². The fraction of sp³-hybridized carbons (Fsp3) is 0.400. The first-order chi connectivity index (χ1) is 7.66. The maximum Gasteiger partial charge on any atom is 0.415 e. The van der Waals surface area contributed by atoms with Crippen LogP contribution < -0.4 is 11.1 Å². The Morgan fingerprint density at radius 3 is 2.53 bits per heavy atom. The minimum atomic E-state index is -4.81. The zero-order chi connectivity index (χ0) is 13.3. The molecule has 7 heteroatoms. The highest BCUT2D eigenvalue weighted by atomic mass is 19.4. The van der Waals surface area contributed by atoms with E-state index in [0.717, 1.165) is 0 Å². The van der Waals surface area contributed by atoms with E-state index < -0.39 is 17.6 Å². The molecule has 1 atom stereocenters. The first-order valence-corrected chi connectivity index (χ1v) is 4.75. The number of aromatic nitrogens is 1. The highest BCUT2D eigenvalue weighted by Crippen LogP contribution is 2.29. The van der Waals surface area contributed by atoms with E-state index in [1.54, 1.807) is 6.92 Å². The quantitative estimate of drug-likeness (QED) is 0.834. The predicted octanol–water partition coefficient (Wildman–Crippen LogP) is 1.61. The van der Waals surface area contributed by atoms with Gasteiger partial charge >= 0.3 is 6.18 Å². The molecule has 17 heavy (non-hydrogen) atoms. The first-order valence-electron chi connectivity index (χ1n) is 4.75. The molecule has 94 valence electrons. The molecule has 0 aromatic carbocycles. The standard InChI is InChI=1S/C10H12F3N3O/c1-6-7(4-3-5-15-6)16-8(17)9(2,14)10(11,12)13/h3-5H,14H2,1-2H3,(H,16,17). The first kappa shape index (κ1) is 13.4. The number of hydrogen-bond donors (Lipinski definition) is 2. The van der Waals surface area contributed by atoms with Gasteiger partial charge in [0.1, 0.15) is 0 Å². The van der Waals surface area contributed by atoms with Crippen molar-refractivity contribution in [1.82, 2.24) is 4.98 Å². The van der Waals surface area contributed by atoms with Crippen LogP contribution in [0.25, 0.3) is 0 Å². The second kappa shape index (κ2) is 4.33. The largest absolute Gasteiger partial charge is 0.415 e. The number of carbonyl (C=O) groups is 1. The third-order valence-corrected chi connectivity index (χ3v) is 2.32. The lowest BCUT2D eigenvalue weighted by Gasteiger charge is -2.26. The average molecular weight is 247 g/mol. The van der Waals surface area contributed by atoms with Gasteiger partial charge in [-0.1, -0.05) is 0 Å². The zero-order valence-electron chi connectivity index (χ0n) is 9.30. The summed E-state index contributed by atoms with van der Waals surface area (Å²) in [5.74, 6) is -1.32. The smallest absolute Gasteiger partial charge is 0.323 e. The van der Waals surface area contributed by atoms with E-state index in [1.165, 1.54) is 18.3 Å². The Balaban J connectivity index is 2.91. The highest BCUT2D eigenvalue weighted by Gasteiger charge is 2.54. The van der Waals surface area contributed by atoms with Crippen molar-refractivity contribution in [2.45, 2.75) is 25.6 Å². The summed E-state index contributed by atoms with van der Waals surface area (Å²) in [5.41, 5.74) is 2.66. The number of nitrogens with zero attached hydrogens (tertiary/aromatic N) is 1. The third-order valence-electron chi connectivity index (χ3n) is 2.32. The van der Waals surface area contributed by atoms with Crippen molar-refractivity contribution in [2.75, 3.05) is 5.32 Å². The summed E-state index contributed by atoms with van der Waals surface area (Å²) < 4.78 is 37.5. The molecule has 4 nitrogen and oxygen atoms in total. The Labute approximate surface area is 96.0 Å². The molecular formula is C10H12F3N3O. The number of aryl methyl sites for hydroxylation is 1. The van der Waals surface area contributed by atoms with Crippen LogP contribution in [0.5, 0.6) is 0 Å². The molecule has 0 spiro atoms. The van der Waals surface area contributed by atoms with Gasteiger partial charge in [0.25, 0.3) is 5.91 Å². The van der Waals surface area contributed by atoms with Crippen LogP contribution in [0, 0.1) is 6.92 Å². The lowest BCUT2D eigenvalue weighted by molar-refractivity contribution is -0.184. The van der Waals surface area contributed by atoms with Crippen LogP contribution >= 0.6 is 0 Å². The molecule has 0 aliphatic carbocycles. The molecule has 0 saturated heterocycles. The molecule has 1 unspecified atom stereocenters. The van der Waals surface area contributed by atoms with Crippen molar-refractivity contribution in [3.05, 3.63) is 24.0 Å². The number of pyridine rings is 1. The monoisotopic (exact) mass is 247 g/mol. The fourth-order valence-electron chi connectivity index (χ4n) is 0.997. The second-order valence-corrected chi connectivity index (χ2v) is 3.79. The van der Waals surface area contributed by atoms with E-state index in [4.69, 9.17) is 5.73 Å². The number of carbonyl (C=O) groups excluding carboxylic acids is 1. The fourth-order valence-corrected chi connectivity index (χ4v) is 0.997. The van der Waals surface area contributed by atoms with Crippen LogP contribution in [-0.4, -0.2) is 22.6 Å². The topological polar surface area (TPSA) is 68.0 Å². The summed E-state index contributed by atoms with van der Waals surface area (Å²) in [6.45, 7) is 2.19. The third kappa shape index (κ3) is 2.73. The van der Waals surface area contributed by atoms with Crippen molar-refractivity contribution >= 4 is 11.6 Å². The van der Waals surface area contributed by atoms with Crippen LogP contribution in [0.15, 0.2) is 18.3 Å². The molecule has 1 rings (SSSR count). The summed E-state index contributed by atoms with van der Waals surface area (Å²) in [6.07, 6.45) is -3.34. The second-order valence-electron chi connectivity index (χ2n) is 3.79. The normalized spacial score (nSPS) is 15.2. The van der Waals surface area contributed by atoms with Gasteiger partial charge in [0, 0.05) is 6.20 Å². The Bertz CT molecular complexity index is 429. The van der Waals surface area contributed by atoms with Gasteiger partial charge < -0.3 is 11.1 Å². The van der Waals surface area contributed by atoms with E-state index in [2.05, 4.69) is 10.3 Å². The minimum absolute atomic E-state index is 0.207. The summed E-state index contributed by atoms with van der Waals surface area (Å²) in [4.78, 5) is 15.3. The van der Waals surface area contributed by atoms with E-state index in [9.17, 15) is 18.0 Å². The number of nitrogens with two attached hydrogens (primary N) is 1. The summed E-state index contributed by atoms with van der Waals surface area (Å²) in [7, 11) is 0. The van der Waals surface area contributed by atoms with Gasteiger partial charge in [-0.05, 0) is 26.0 Å². The number of hydrogen-bond acceptors (Lipinski definition) is 3. The van der Waals surface area contributed by atoms with Gasteiger partial charge in [0.05, 0.1) is 11.4 Å². The lowest BCUT2D eigenvalue weighted by Crippen LogP contribution is -2.59. The van der Waals surface area contributed by atoms with Crippen molar-refractivity contribution in [3.8, 4) is 0 Å². The molecule has 1 aromatic heterocycles. The molecule has 0 bridgehead atoms. The molecule has 1 heterocycles. The van der Waals surface area contributed by atoms with E-state index in [-0.39, 0.29) is 5.69 Å². The highest BCUT2D eigenvalue weighted by molar-refractivity contribution is 5.98. The molecule has 3 N–H and O–H groups in total. The summed E-state index contributed by atoms with van der Waals surface area (Å²) in [5, 5.41) is 2.11. The maximum absolute atomic E-state index is 12.5. The molecule has 0 fully saturated rings. The van der Waals surface area contributed by atoms with Crippen LogP contribution in [-0.2, 0) is 4.79 Å². The van der Waals surface area contributed by atoms with E-state index in [0.29, 0.717) is 12.6 Å². The number of nitrogens with one attached hydrogen (secondary N) is 1. The zero-order valence-corrected chi connectivity index (χ0v) is 9.30. The van der Waals surface area contributed by atoms with Crippen LogP contribution in [0.1, 0.15) is 12.6 Å². The number of anilines is 1. The SMILES string of the molecule is Cc1ncccc1NC(=O)C(C)(N)C(F)(F)F. The minimum Gasteiger partial charge on any atom is -0.323 e. The number of amides is 1. The van der Waals surface area contributed by atoms with Gasteiger partial charge in [-0.2, -0.15) is 13.2 Å². The van der Waals surface area contributed by atoms with Gasteiger partial charge in [-0.25, -0.2) is 0 Å². The Kier molecular flexibility index (Phi) is 3.42. The van der Waals surface area contributed by atoms with Gasteiger partial charge in [-0.3, -0.25) is 9.78 Å². The predicted molar refractivity (Wildman–Crippen MR) is 56.3 cm³/mol. The number of halogens is 3. The van der Waals surface area contributed by atoms with Crippen LogP contribution in [0.3, 0.4) is 0 Å². The van der Waals surface area contributed by atoms with Gasteiger partial charge in [-0.15, -0.1) is 0 Å². The van der Waals surface area contributed by atoms with Crippen LogP contribution in [0.2, 0.25) is 0 Å². The molecular weight excluding hydrogens is 235 g/mol. The van der Waals surface area contributed by atoms with Gasteiger partial charge in [0.2, 0.25) is 0 Å². The molecule has 0 saturated carbocycles. The summed E-state index contributed by atoms with van der Waals surface area (Å²) in [6, 6.07) is 2.96. The summed E-state index contributed by atoms with van der Waals surface area (Å²) >= 11 is 0. The molecule has 0 aliphatic heterocycles. The Morgan fingerprint density at radius 2 is 2.06 bits per heavy atom. The average Bonchev–Trinajstić information content (AvgIpc) is 2.19. The Hall–Kier alpha value is -1.63. The maximum atomic E-state index is 12.5. The lowest BCUT2D eigenvalue weighted by atomic mass is 10.0. The van der Waals surface area contributed by atoms with Gasteiger partial charge in [0.15, 0.2) is 5.54 Å². The molecule has 1 aromatic rings. The number of alkyl halides is 3. The van der Waals surface area contributed by atoms with E-state index >= 15 is 0 Å². The number of rotatable bonds is 2.